The molecule has 0 bridgehead atoms. The number of rotatable bonds is 3. The van der Waals surface area contributed by atoms with Gasteiger partial charge in [0.15, 0.2) is 0 Å². The number of carbonyl (C=O) groups is 1. The van der Waals surface area contributed by atoms with E-state index in [0.29, 0.717) is 6.42 Å². The van der Waals surface area contributed by atoms with E-state index in [2.05, 4.69) is 0 Å². The second-order valence-electron chi connectivity index (χ2n) is 7.11. The van der Waals surface area contributed by atoms with Crippen LogP contribution in [-0.2, 0) is 10.2 Å². The molecule has 1 fully saturated rings. The summed E-state index contributed by atoms with van der Waals surface area (Å²) in [6.45, 7) is 3.65. The normalized spacial score (nSPS) is 19.5. The SMILES string of the molecule is Cc1cc(C2(c3ccc(O)c(C)c3)CCCCC2C(=O)O)ccc1O. The van der Waals surface area contributed by atoms with Crippen LogP contribution in [0.4, 0.5) is 0 Å². The first-order chi connectivity index (χ1) is 11.9. The van der Waals surface area contributed by atoms with Gasteiger partial charge < -0.3 is 15.3 Å². The van der Waals surface area contributed by atoms with Gasteiger partial charge in [0.2, 0.25) is 0 Å². The third-order valence-corrected chi connectivity index (χ3v) is 5.63. The molecular weight excluding hydrogens is 316 g/mol. The van der Waals surface area contributed by atoms with Crippen molar-refractivity contribution >= 4 is 5.97 Å². The Hall–Kier alpha value is -2.49. The molecule has 2 aromatic rings. The summed E-state index contributed by atoms with van der Waals surface area (Å²) in [7, 11) is 0. The van der Waals surface area contributed by atoms with E-state index in [0.717, 1.165) is 41.5 Å². The molecule has 3 rings (SSSR count). The predicted octanol–water partition coefficient (Wildman–Crippen LogP) is 4.28. The minimum Gasteiger partial charge on any atom is -0.508 e. The van der Waals surface area contributed by atoms with Gasteiger partial charge in [-0.05, 0) is 61.1 Å². The molecule has 1 aliphatic rings. The second-order valence-corrected chi connectivity index (χ2v) is 7.11. The highest BCUT2D eigenvalue weighted by atomic mass is 16.4. The average molecular weight is 340 g/mol. The Labute approximate surface area is 147 Å². The number of benzene rings is 2. The first kappa shape index (κ1) is 17.3. The van der Waals surface area contributed by atoms with Gasteiger partial charge in [-0.3, -0.25) is 4.79 Å². The van der Waals surface area contributed by atoms with E-state index < -0.39 is 17.3 Å². The molecule has 3 N–H and O–H groups in total. The van der Waals surface area contributed by atoms with Crippen molar-refractivity contribution in [1.29, 1.82) is 0 Å². The molecule has 0 radical (unpaired) electrons. The molecule has 4 nitrogen and oxygen atoms in total. The Bertz CT molecular complexity index is 758. The summed E-state index contributed by atoms with van der Waals surface area (Å²) in [5.74, 6) is -0.905. The van der Waals surface area contributed by atoms with Crippen molar-refractivity contribution in [2.75, 3.05) is 0 Å². The zero-order valence-electron chi connectivity index (χ0n) is 14.6. The summed E-state index contributed by atoms with van der Waals surface area (Å²) in [6, 6.07) is 10.8. The molecule has 0 aliphatic heterocycles. The van der Waals surface area contributed by atoms with Crippen molar-refractivity contribution in [2.24, 2.45) is 5.92 Å². The summed E-state index contributed by atoms with van der Waals surface area (Å²) < 4.78 is 0. The van der Waals surface area contributed by atoms with Gasteiger partial charge in [0.25, 0.3) is 0 Å². The molecule has 0 saturated heterocycles. The molecule has 4 heteroatoms. The van der Waals surface area contributed by atoms with Gasteiger partial charge in [0.05, 0.1) is 5.92 Å². The zero-order chi connectivity index (χ0) is 18.2. The third kappa shape index (κ3) is 2.86. The van der Waals surface area contributed by atoms with Gasteiger partial charge in [0, 0.05) is 5.41 Å². The molecule has 1 aliphatic carbocycles. The van der Waals surface area contributed by atoms with Gasteiger partial charge in [-0.1, -0.05) is 37.1 Å². The van der Waals surface area contributed by atoms with Crippen molar-refractivity contribution in [3.8, 4) is 11.5 Å². The van der Waals surface area contributed by atoms with Gasteiger partial charge >= 0.3 is 5.97 Å². The van der Waals surface area contributed by atoms with Crippen molar-refractivity contribution in [2.45, 2.75) is 44.9 Å². The first-order valence-electron chi connectivity index (χ1n) is 8.69. The number of aliphatic carboxylic acids is 1. The Kier molecular flexibility index (Phi) is 4.46. The second kappa shape index (κ2) is 6.43. The summed E-state index contributed by atoms with van der Waals surface area (Å²) in [5.41, 5.74) is 2.66. The van der Waals surface area contributed by atoms with Crippen molar-refractivity contribution in [3.63, 3.8) is 0 Å². The van der Waals surface area contributed by atoms with Gasteiger partial charge in [0.1, 0.15) is 11.5 Å². The first-order valence-corrected chi connectivity index (χ1v) is 8.69. The van der Waals surface area contributed by atoms with Crippen LogP contribution in [0.3, 0.4) is 0 Å². The van der Waals surface area contributed by atoms with Crippen LogP contribution in [-0.4, -0.2) is 21.3 Å². The number of phenolic OH excluding ortho intramolecular Hbond substituents is 2. The van der Waals surface area contributed by atoms with Crippen LogP contribution < -0.4 is 0 Å². The average Bonchev–Trinajstić information content (AvgIpc) is 2.59. The molecule has 1 saturated carbocycles. The van der Waals surface area contributed by atoms with Crippen molar-refractivity contribution < 1.29 is 20.1 Å². The van der Waals surface area contributed by atoms with E-state index in [4.69, 9.17) is 0 Å². The summed E-state index contributed by atoms with van der Waals surface area (Å²) in [5, 5.41) is 29.8. The van der Waals surface area contributed by atoms with Crippen LogP contribution in [0.5, 0.6) is 11.5 Å². The molecule has 1 unspecified atom stereocenters. The van der Waals surface area contributed by atoms with Crippen LogP contribution in [0.2, 0.25) is 0 Å². The van der Waals surface area contributed by atoms with E-state index in [1.807, 2.05) is 38.1 Å². The highest BCUT2D eigenvalue weighted by molar-refractivity contribution is 5.74. The maximum absolute atomic E-state index is 12.1. The minimum absolute atomic E-state index is 0.212. The molecule has 0 aromatic heterocycles. The standard InChI is InChI=1S/C21H24O4/c1-13-11-15(6-8-18(13)22)21(10-4-3-5-17(21)20(24)25)16-7-9-19(23)14(2)12-16/h6-9,11-12,17,22-23H,3-5,10H2,1-2H3,(H,24,25). The number of phenols is 2. The van der Waals surface area contributed by atoms with Crippen molar-refractivity contribution in [3.05, 3.63) is 58.7 Å². The van der Waals surface area contributed by atoms with Crippen LogP contribution in [0.15, 0.2) is 36.4 Å². The molecule has 0 spiro atoms. The molecule has 25 heavy (non-hydrogen) atoms. The lowest BCUT2D eigenvalue weighted by Gasteiger charge is -2.43. The lowest BCUT2D eigenvalue weighted by Crippen LogP contribution is -2.43. The lowest BCUT2D eigenvalue weighted by molar-refractivity contribution is -0.145. The van der Waals surface area contributed by atoms with Crippen LogP contribution in [0, 0.1) is 19.8 Å². The molecular formula is C21H24O4. The Morgan fingerprint density at radius 3 is 1.92 bits per heavy atom. The zero-order valence-corrected chi connectivity index (χ0v) is 14.6. The number of hydrogen-bond acceptors (Lipinski definition) is 3. The van der Waals surface area contributed by atoms with Crippen LogP contribution in [0.1, 0.15) is 47.9 Å². The van der Waals surface area contributed by atoms with E-state index in [-0.39, 0.29) is 11.5 Å². The van der Waals surface area contributed by atoms with Gasteiger partial charge in [-0.2, -0.15) is 0 Å². The van der Waals surface area contributed by atoms with Gasteiger partial charge in [-0.15, -0.1) is 0 Å². The van der Waals surface area contributed by atoms with Crippen LogP contribution >= 0.6 is 0 Å². The number of aromatic hydroxyl groups is 2. The topological polar surface area (TPSA) is 77.8 Å². The number of carboxylic acid groups (broad SMARTS) is 1. The molecule has 2 aromatic carbocycles. The summed E-state index contributed by atoms with van der Waals surface area (Å²) >= 11 is 0. The fourth-order valence-corrected chi connectivity index (χ4v) is 4.23. The predicted molar refractivity (Wildman–Crippen MR) is 96.1 cm³/mol. The Morgan fingerprint density at radius 2 is 1.48 bits per heavy atom. The highest BCUT2D eigenvalue weighted by Crippen LogP contribution is 2.50. The Balaban J connectivity index is 2.28. The van der Waals surface area contributed by atoms with Crippen molar-refractivity contribution in [1.82, 2.24) is 0 Å². The largest absolute Gasteiger partial charge is 0.508 e. The lowest BCUT2D eigenvalue weighted by atomic mass is 9.59. The van der Waals surface area contributed by atoms with E-state index in [1.54, 1.807) is 12.1 Å². The highest BCUT2D eigenvalue weighted by Gasteiger charge is 2.47. The molecule has 132 valence electrons. The van der Waals surface area contributed by atoms with Crippen LogP contribution in [0.25, 0.3) is 0 Å². The molecule has 0 heterocycles. The van der Waals surface area contributed by atoms with Gasteiger partial charge in [-0.25, -0.2) is 0 Å². The maximum Gasteiger partial charge on any atom is 0.307 e. The van der Waals surface area contributed by atoms with E-state index >= 15 is 0 Å². The third-order valence-electron chi connectivity index (χ3n) is 5.63. The molecule has 0 amide bonds. The number of hydrogen-bond donors (Lipinski definition) is 3. The smallest absolute Gasteiger partial charge is 0.307 e. The molecule has 1 atom stereocenters. The fourth-order valence-electron chi connectivity index (χ4n) is 4.23. The number of aryl methyl sites for hydroxylation is 2. The summed E-state index contributed by atoms with van der Waals surface area (Å²) in [4.78, 5) is 12.1. The maximum atomic E-state index is 12.1. The minimum atomic E-state index is -0.795. The fraction of sp³-hybridized carbons (Fsp3) is 0.381. The van der Waals surface area contributed by atoms with E-state index in [9.17, 15) is 20.1 Å². The quantitative estimate of drug-likeness (QED) is 0.779. The number of carboxylic acids is 1. The Morgan fingerprint density at radius 1 is 0.960 bits per heavy atom. The monoisotopic (exact) mass is 340 g/mol. The van der Waals surface area contributed by atoms with E-state index in [1.165, 1.54) is 0 Å². The summed E-state index contributed by atoms with van der Waals surface area (Å²) in [6.07, 6.45) is 3.20.